The van der Waals surface area contributed by atoms with Crippen molar-refractivity contribution in [1.82, 2.24) is 9.78 Å². The summed E-state index contributed by atoms with van der Waals surface area (Å²) in [7, 11) is 0. The van der Waals surface area contributed by atoms with Gasteiger partial charge in [-0.2, -0.15) is 5.10 Å². The number of esters is 2. The van der Waals surface area contributed by atoms with Crippen LogP contribution in [0.4, 0.5) is 0 Å². The summed E-state index contributed by atoms with van der Waals surface area (Å²) in [6.45, 7) is 3.69. The van der Waals surface area contributed by atoms with Crippen LogP contribution in [0.25, 0.3) is 16.9 Å². The normalized spacial score (nSPS) is 10.6. The number of hydrogen-bond acceptors (Lipinski definition) is 5. The first-order valence-electron chi connectivity index (χ1n) is 8.95. The predicted molar refractivity (Wildman–Crippen MR) is 114 cm³/mol. The number of carbonyl (C=O) groups is 2. The molecule has 2 aromatic carbocycles. The molecule has 1 heterocycles. The molecule has 0 saturated heterocycles. The van der Waals surface area contributed by atoms with Crippen molar-refractivity contribution in [2.24, 2.45) is 0 Å². The fraction of sp³-hybridized carbons (Fsp3) is 0.190. The van der Waals surface area contributed by atoms with Crippen LogP contribution in [0, 0.1) is 0 Å². The number of hydrogen-bond donors (Lipinski definition) is 0. The van der Waals surface area contributed by atoms with Crippen LogP contribution in [0.3, 0.4) is 0 Å². The van der Waals surface area contributed by atoms with E-state index in [4.69, 9.17) is 21.1 Å². The molecule has 0 bridgehead atoms. The molecule has 0 N–H and O–H groups in total. The van der Waals surface area contributed by atoms with E-state index in [1.165, 1.54) is 4.68 Å². The van der Waals surface area contributed by atoms with Crippen molar-refractivity contribution in [3.8, 4) is 16.9 Å². The van der Waals surface area contributed by atoms with Crippen molar-refractivity contribution in [3.63, 3.8) is 0 Å². The Balaban J connectivity index is 2.36. The number of rotatable bonds is 6. The molecule has 3 aromatic rings. The molecular weight excluding hydrogens is 460 g/mol. The Morgan fingerprint density at radius 2 is 1.72 bits per heavy atom. The third-order valence-corrected chi connectivity index (χ3v) is 4.71. The van der Waals surface area contributed by atoms with E-state index in [9.17, 15) is 9.59 Å². The van der Waals surface area contributed by atoms with Gasteiger partial charge in [-0.15, -0.1) is 0 Å². The van der Waals surface area contributed by atoms with Gasteiger partial charge in [-0.1, -0.05) is 45.7 Å². The maximum absolute atomic E-state index is 12.8. The van der Waals surface area contributed by atoms with E-state index in [1.807, 2.05) is 24.3 Å². The second-order valence-electron chi connectivity index (χ2n) is 5.92. The van der Waals surface area contributed by atoms with E-state index < -0.39 is 11.9 Å². The summed E-state index contributed by atoms with van der Waals surface area (Å²) in [5, 5.41) is 4.91. The molecule has 0 fully saturated rings. The van der Waals surface area contributed by atoms with Gasteiger partial charge in [0, 0.05) is 15.1 Å². The molecule has 0 aliphatic rings. The summed E-state index contributed by atoms with van der Waals surface area (Å²) < 4.78 is 12.7. The lowest BCUT2D eigenvalue weighted by molar-refractivity contribution is 0.0476. The predicted octanol–water partition coefficient (Wildman–Crippen LogP) is 5.31. The maximum Gasteiger partial charge on any atom is 0.359 e. The highest BCUT2D eigenvalue weighted by Crippen LogP contribution is 2.32. The van der Waals surface area contributed by atoms with E-state index in [1.54, 1.807) is 38.1 Å². The van der Waals surface area contributed by atoms with Crippen LogP contribution in [0.5, 0.6) is 0 Å². The Hall–Kier alpha value is -2.64. The lowest BCUT2D eigenvalue weighted by Crippen LogP contribution is -2.13. The van der Waals surface area contributed by atoms with Gasteiger partial charge in [0.15, 0.2) is 5.69 Å². The molecule has 0 atom stereocenters. The average Bonchev–Trinajstić information content (AvgIpc) is 3.09. The highest BCUT2D eigenvalue weighted by atomic mass is 79.9. The summed E-state index contributed by atoms with van der Waals surface area (Å²) in [5.74, 6) is -1.36. The number of halogens is 2. The molecule has 0 aliphatic heterocycles. The summed E-state index contributed by atoms with van der Waals surface area (Å²) in [6, 6.07) is 14.3. The molecule has 0 spiro atoms. The van der Waals surface area contributed by atoms with E-state index in [0.29, 0.717) is 22.0 Å². The number of carbonyl (C=O) groups excluding carboxylic acids is 2. The van der Waals surface area contributed by atoms with Crippen LogP contribution in [-0.2, 0) is 9.47 Å². The van der Waals surface area contributed by atoms with E-state index in [2.05, 4.69) is 21.0 Å². The first kappa shape index (κ1) is 21.1. The van der Waals surface area contributed by atoms with Gasteiger partial charge in [0.05, 0.1) is 24.6 Å². The van der Waals surface area contributed by atoms with Crippen LogP contribution in [0.15, 0.2) is 53.0 Å². The van der Waals surface area contributed by atoms with Crippen molar-refractivity contribution in [1.29, 1.82) is 0 Å². The van der Waals surface area contributed by atoms with E-state index in [-0.39, 0.29) is 24.5 Å². The van der Waals surface area contributed by atoms with Gasteiger partial charge < -0.3 is 9.47 Å². The Morgan fingerprint density at radius 3 is 2.38 bits per heavy atom. The molecule has 1 aromatic heterocycles. The lowest BCUT2D eigenvalue weighted by atomic mass is 10.1. The second-order valence-corrected chi connectivity index (χ2v) is 7.27. The van der Waals surface area contributed by atoms with Crippen LogP contribution < -0.4 is 0 Å². The molecule has 6 nitrogen and oxygen atoms in total. The first-order valence-corrected chi connectivity index (χ1v) is 10.1. The Kier molecular flexibility index (Phi) is 6.71. The fourth-order valence-corrected chi connectivity index (χ4v) is 3.44. The largest absolute Gasteiger partial charge is 0.462 e. The summed E-state index contributed by atoms with van der Waals surface area (Å²) in [6.07, 6.45) is 0. The Morgan fingerprint density at radius 1 is 1.03 bits per heavy atom. The van der Waals surface area contributed by atoms with Gasteiger partial charge in [-0.3, -0.25) is 0 Å². The van der Waals surface area contributed by atoms with Gasteiger partial charge in [0.1, 0.15) is 5.56 Å². The van der Waals surface area contributed by atoms with Gasteiger partial charge in [0.25, 0.3) is 0 Å². The van der Waals surface area contributed by atoms with E-state index >= 15 is 0 Å². The minimum atomic E-state index is -0.701. The van der Waals surface area contributed by atoms with Crippen LogP contribution >= 0.6 is 27.5 Å². The molecule has 8 heteroatoms. The molecule has 3 rings (SSSR count). The van der Waals surface area contributed by atoms with Crippen molar-refractivity contribution >= 4 is 39.5 Å². The Bertz CT molecular complexity index is 1060. The SMILES string of the molecule is CCOC(=O)c1nn(-c2cccc(Cl)c2)c(-c2cccc(Br)c2)c1C(=O)OCC. The molecular formula is C21H18BrClN2O4. The highest BCUT2D eigenvalue weighted by molar-refractivity contribution is 9.10. The molecule has 150 valence electrons. The fourth-order valence-electron chi connectivity index (χ4n) is 2.85. The lowest BCUT2D eigenvalue weighted by Gasteiger charge is -2.10. The smallest absolute Gasteiger partial charge is 0.359 e. The van der Waals surface area contributed by atoms with E-state index in [0.717, 1.165) is 4.47 Å². The number of aromatic nitrogens is 2. The minimum Gasteiger partial charge on any atom is -0.462 e. The topological polar surface area (TPSA) is 70.4 Å². The molecule has 0 unspecified atom stereocenters. The zero-order valence-electron chi connectivity index (χ0n) is 15.8. The second kappa shape index (κ2) is 9.24. The maximum atomic E-state index is 12.8. The molecule has 0 saturated carbocycles. The quantitative estimate of drug-likeness (QED) is 0.450. The molecule has 0 amide bonds. The first-order chi connectivity index (χ1) is 14.0. The monoisotopic (exact) mass is 476 g/mol. The van der Waals surface area contributed by atoms with Crippen molar-refractivity contribution in [2.45, 2.75) is 13.8 Å². The van der Waals surface area contributed by atoms with Gasteiger partial charge >= 0.3 is 11.9 Å². The third kappa shape index (κ3) is 4.52. The number of ether oxygens (including phenoxy) is 2. The number of benzene rings is 2. The standard InChI is InChI=1S/C21H18BrClN2O4/c1-3-28-20(26)17-18(21(27)29-4-2)24-25(16-10-6-9-15(23)12-16)19(17)13-7-5-8-14(22)11-13/h5-12H,3-4H2,1-2H3. The van der Waals surface area contributed by atoms with Gasteiger partial charge in [-0.25, -0.2) is 14.3 Å². The van der Waals surface area contributed by atoms with Crippen molar-refractivity contribution in [2.75, 3.05) is 13.2 Å². The summed E-state index contributed by atoms with van der Waals surface area (Å²) in [5.41, 5.74) is 1.61. The van der Waals surface area contributed by atoms with Gasteiger partial charge in [-0.05, 0) is 44.2 Å². The molecule has 0 radical (unpaired) electrons. The van der Waals surface area contributed by atoms with Crippen LogP contribution in [0.2, 0.25) is 5.02 Å². The molecule has 29 heavy (non-hydrogen) atoms. The summed E-state index contributed by atoms with van der Waals surface area (Å²) >= 11 is 9.60. The zero-order valence-corrected chi connectivity index (χ0v) is 18.2. The van der Waals surface area contributed by atoms with Crippen LogP contribution in [0.1, 0.15) is 34.7 Å². The third-order valence-electron chi connectivity index (χ3n) is 3.98. The van der Waals surface area contributed by atoms with Crippen molar-refractivity contribution in [3.05, 3.63) is 69.3 Å². The number of nitrogens with zero attached hydrogens (tertiary/aromatic N) is 2. The zero-order chi connectivity index (χ0) is 21.0. The van der Waals surface area contributed by atoms with Crippen LogP contribution in [-0.4, -0.2) is 34.9 Å². The minimum absolute atomic E-state index is 0.0448. The highest BCUT2D eigenvalue weighted by Gasteiger charge is 2.31. The summed E-state index contributed by atoms with van der Waals surface area (Å²) in [4.78, 5) is 25.4. The Labute approximate surface area is 181 Å². The average molecular weight is 478 g/mol. The van der Waals surface area contributed by atoms with Gasteiger partial charge in [0.2, 0.25) is 0 Å². The molecule has 0 aliphatic carbocycles. The van der Waals surface area contributed by atoms with Crippen molar-refractivity contribution < 1.29 is 19.1 Å².